The Morgan fingerprint density at radius 3 is 1.88 bits per heavy atom. The lowest BCUT2D eigenvalue weighted by atomic mass is 10.0. The van der Waals surface area contributed by atoms with E-state index in [1.807, 2.05) is 6.92 Å². The molecule has 0 spiro atoms. The molecule has 0 aliphatic heterocycles. The van der Waals surface area contributed by atoms with E-state index in [1.54, 1.807) is 24.3 Å². The average molecular weight is 351 g/mol. The number of nitrogens with two attached hydrogens (primary N) is 1. The molecule has 0 unspecified atom stereocenters. The first kappa shape index (κ1) is 17.9. The summed E-state index contributed by atoms with van der Waals surface area (Å²) in [5.41, 5.74) is 6.96. The average Bonchev–Trinajstić information content (AvgIpc) is 2.54. The van der Waals surface area contributed by atoms with Gasteiger partial charge in [-0.15, -0.1) is 0 Å². The smallest absolute Gasteiger partial charge is 0.376 e. The summed E-state index contributed by atoms with van der Waals surface area (Å²) in [6.45, 7) is 2.32. The first-order valence-corrected chi connectivity index (χ1v) is 7.58. The molecule has 3 N–H and O–H groups in total. The third-order valence-corrected chi connectivity index (χ3v) is 3.78. The van der Waals surface area contributed by atoms with Crippen LogP contribution < -0.4 is 5.73 Å². The maximum atomic E-state index is 12.6. The van der Waals surface area contributed by atoms with E-state index in [4.69, 9.17) is 23.4 Å². The van der Waals surface area contributed by atoms with Gasteiger partial charge in [0, 0.05) is 12.1 Å². The summed E-state index contributed by atoms with van der Waals surface area (Å²) >= 11 is 4.91. The summed E-state index contributed by atoms with van der Waals surface area (Å²) in [5, 5.41) is 8.24. The Kier molecular flexibility index (Phi) is 5.23. The zero-order chi connectivity index (χ0) is 17.9. The Morgan fingerprint density at radius 2 is 1.50 bits per heavy atom. The van der Waals surface area contributed by atoms with E-state index < -0.39 is 11.7 Å². The van der Waals surface area contributed by atoms with Crippen LogP contribution in [0.2, 0.25) is 0 Å². The van der Waals surface area contributed by atoms with E-state index in [2.05, 4.69) is 0 Å². The van der Waals surface area contributed by atoms with Crippen LogP contribution in [0.3, 0.4) is 0 Å². The fraction of sp³-hybridized carbons (Fsp3) is 0.176. The highest BCUT2D eigenvalue weighted by atomic mass is 32.1. The normalized spacial score (nSPS) is 11.2. The molecule has 0 amide bonds. The SMILES string of the molecule is CCN(C(=N)c1ccc(-c2ccc(C(F)(F)F)cc2)cc1)C(N)=S. The van der Waals surface area contributed by atoms with Crippen LogP contribution >= 0.6 is 12.2 Å². The molecule has 0 saturated heterocycles. The fourth-order valence-corrected chi connectivity index (χ4v) is 2.47. The van der Waals surface area contributed by atoms with Crippen molar-refractivity contribution >= 4 is 23.2 Å². The minimum atomic E-state index is -4.35. The van der Waals surface area contributed by atoms with Gasteiger partial charge in [0.2, 0.25) is 0 Å². The third kappa shape index (κ3) is 3.91. The van der Waals surface area contributed by atoms with E-state index in [1.165, 1.54) is 17.0 Å². The zero-order valence-electron chi connectivity index (χ0n) is 12.9. The van der Waals surface area contributed by atoms with Gasteiger partial charge in [-0.1, -0.05) is 36.4 Å². The number of amidine groups is 1. The summed E-state index contributed by atoms with van der Waals surface area (Å²) in [5.74, 6) is 0.184. The van der Waals surface area contributed by atoms with Gasteiger partial charge in [0.25, 0.3) is 0 Å². The maximum Gasteiger partial charge on any atom is 0.416 e. The highest BCUT2D eigenvalue weighted by Crippen LogP contribution is 2.31. The second-order valence-corrected chi connectivity index (χ2v) is 5.50. The minimum Gasteiger partial charge on any atom is -0.376 e. The summed E-state index contributed by atoms with van der Waals surface area (Å²) < 4.78 is 37.8. The van der Waals surface area contributed by atoms with Gasteiger partial charge in [-0.3, -0.25) is 5.41 Å². The van der Waals surface area contributed by atoms with Crippen LogP contribution in [0, 0.1) is 5.41 Å². The summed E-state index contributed by atoms with van der Waals surface area (Å²) in [6.07, 6.45) is -4.35. The van der Waals surface area contributed by atoms with E-state index in [9.17, 15) is 13.2 Å². The molecule has 7 heteroatoms. The fourth-order valence-electron chi connectivity index (χ4n) is 2.25. The molecule has 0 heterocycles. The molecule has 0 atom stereocenters. The second-order valence-electron chi connectivity index (χ2n) is 5.08. The van der Waals surface area contributed by atoms with Crippen LogP contribution in [0.15, 0.2) is 48.5 Å². The Morgan fingerprint density at radius 1 is 1.04 bits per heavy atom. The number of nitrogens with zero attached hydrogens (tertiary/aromatic N) is 1. The predicted octanol–water partition coefficient (Wildman–Crippen LogP) is 4.26. The standard InChI is InChI=1S/C17H16F3N3S/c1-2-23(16(22)24)15(21)13-5-3-11(4-6-13)12-7-9-14(10-8-12)17(18,19)20/h3-10,21H,2H2,1H3,(H2,22,24). The molecule has 0 bridgehead atoms. The van der Waals surface area contributed by atoms with Crippen LogP contribution in [0.4, 0.5) is 13.2 Å². The molecular weight excluding hydrogens is 335 g/mol. The Labute approximate surface area is 143 Å². The molecule has 3 nitrogen and oxygen atoms in total. The highest BCUT2D eigenvalue weighted by molar-refractivity contribution is 7.80. The van der Waals surface area contributed by atoms with Gasteiger partial charge in [-0.05, 0) is 42.4 Å². The number of benzene rings is 2. The first-order chi connectivity index (χ1) is 11.2. The van der Waals surface area contributed by atoms with Crippen LogP contribution in [0.5, 0.6) is 0 Å². The van der Waals surface area contributed by atoms with Gasteiger partial charge >= 0.3 is 6.18 Å². The molecule has 0 aliphatic carbocycles. The van der Waals surface area contributed by atoms with E-state index >= 15 is 0 Å². The topological polar surface area (TPSA) is 53.1 Å². The van der Waals surface area contributed by atoms with Gasteiger partial charge in [-0.2, -0.15) is 13.2 Å². The molecule has 2 aromatic carbocycles. The monoisotopic (exact) mass is 351 g/mol. The number of alkyl halides is 3. The molecular formula is C17H16F3N3S. The van der Waals surface area contributed by atoms with Crippen molar-refractivity contribution < 1.29 is 13.2 Å². The largest absolute Gasteiger partial charge is 0.416 e. The molecule has 24 heavy (non-hydrogen) atoms. The Bertz CT molecular complexity index is 737. The quantitative estimate of drug-likeness (QED) is 0.493. The highest BCUT2D eigenvalue weighted by Gasteiger charge is 2.29. The molecule has 0 fully saturated rings. The van der Waals surface area contributed by atoms with Crippen molar-refractivity contribution in [2.45, 2.75) is 13.1 Å². The van der Waals surface area contributed by atoms with E-state index in [0.717, 1.165) is 17.7 Å². The molecule has 0 saturated carbocycles. The zero-order valence-corrected chi connectivity index (χ0v) is 13.7. The third-order valence-electron chi connectivity index (χ3n) is 3.56. The number of nitrogens with one attached hydrogen (secondary N) is 1. The number of hydrogen-bond acceptors (Lipinski definition) is 2. The number of hydrogen-bond donors (Lipinski definition) is 2. The van der Waals surface area contributed by atoms with Crippen molar-refractivity contribution in [1.82, 2.24) is 4.90 Å². The lowest BCUT2D eigenvalue weighted by Gasteiger charge is -2.21. The Balaban J connectivity index is 2.23. The second kappa shape index (κ2) is 7.00. The number of halogens is 3. The number of thiocarbonyl (C=S) groups is 1. The van der Waals surface area contributed by atoms with E-state index in [-0.39, 0.29) is 10.9 Å². The summed E-state index contributed by atoms with van der Waals surface area (Å²) in [6, 6.07) is 11.9. The minimum absolute atomic E-state index is 0.120. The summed E-state index contributed by atoms with van der Waals surface area (Å²) in [4.78, 5) is 1.49. The molecule has 2 rings (SSSR count). The van der Waals surface area contributed by atoms with Crippen LogP contribution in [0.1, 0.15) is 18.1 Å². The van der Waals surface area contributed by atoms with Gasteiger partial charge < -0.3 is 10.6 Å². The lowest BCUT2D eigenvalue weighted by Crippen LogP contribution is -2.40. The molecule has 0 radical (unpaired) electrons. The first-order valence-electron chi connectivity index (χ1n) is 7.17. The van der Waals surface area contributed by atoms with Crippen molar-refractivity contribution in [3.63, 3.8) is 0 Å². The lowest BCUT2D eigenvalue weighted by molar-refractivity contribution is -0.137. The van der Waals surface area contributed by atoms with Crippen LogP contribution in [-0.4, -0.2) is 22.4 Å². The van der Waals surface area contributed by atoms with Crippen LogP contribution in [0.25, 0.3) is 11.1 Å². The van der Waals surface area contributed by atoms with E-state index in [0.29, 0.717) is 17.7 Å². The van der Waals surface area contributed by atoms with Crippen molar-refractivity contribution in [2.24, 2.45) is 5.73 Å². The molecule has 0 aliphatic rings. The van der Waals surface area contributed by atoms with Crippen molar-refractivity contribution in [1.29, 1.82) is 5.41 Å². The molecule has 126 valence electrons. The maximum absolute atomic E-state index is 12.6. The predicted molar refractivity (Wildman–Crippen MR) is 92.9 cm³/mol. The van der Waals surface area contributed by atoms with Gasteiger partial charge in [0.05, 0.1) is 5.56 Å². The van der Waals surface area contributed by atoms with Crippen molar-refractivity contribution in [3.05, 3.63) is 59.7 Å². The molecule has 0 aromatic heterocycles. The van der Waals surface area contributed by atoms with Gasteiger partial charge in [-0.25, -0.2) is 0 Å². The van der Waals surface area contributed by atoms with Crippen molar-refractivity contribution in [3.8, 4) is 11.1 Å². The van der Waals surface area contributed by atoms with Gasteiger partial charge in [0.15, 0.2) is 5.11 Å². The molecule has 2 aromatic rings. The summed E-state index contributed by atoms with van der Waals surface area (Å²) in [7, 11) is 0. The van der Waals surface area contributed by atoms with Crippen molar-refractivity contribution in [2.75, 3.05) is 6.54 Å². The Hall–Kier alpha value is -2.41. The van der Waals surface area contributed by atoms with Gasteiger partial charge in [0.1, 0.15) is 5.84 Å². The number of rotatable bonds is 3. The van der Waals surface area contributed by atoms with Crippen LogP contribution in [-0.2, 0) is 6.18 Å².